The number of hydrogen-bond donors (Lipinski definition) is 3. The minimum absolute atomic E-state index is 0.0580. The third kappa shape index (κ3) is 2.74. The molecule has 0 radical (unpaired) electrons. The Kier molecular flexibility index (Phi) is 4.25. The van der Waals surface area contributed by atoms with Crippen molar-refractivity contribution in [3.63, 3.8) is 0 Å². The number of nitrogens with zero attached hydrogens (tertiary/aromatic N) is 2. The molecule has 3 aromatic rings. The molecule has 0 aliphatic heterocycles. The zero-order valence-electron chi connectivity index (χ0n) is 12.3. The maximum absolute atomic E-state index is 13.6. The van der Waals surface area contributed by atoms with E-state index in [2.05, 4.69) is 0 Å². The van der Waals surface area contributed by atoms with Gasteiger partial charge in [0.15, 0.2) is 0 Å². The van der Waals surface area contributed by atoms with Crippen LogP contribution in [0.2, 0.25) is 5.02 Å². The summed E-state index contributed by atoms with van der Waals surface area (Å²) in [4.78, 5) is 12.8. The van der Waals surface area contributed by atoms with Gasteiger partial charge in [0.25, 0.3) is 5.91 Å². The first-order valence-corrected chi connectivity index (χ1v) is 7.32. The highest BCUT2D eigenvalue weighted by Crippen LogP contribution is 2.27. The zero-order valence-corrected chi connectivity index (χ0v) is 13.0. The van der Waals surface area contributed by atoms with Crippen molar-refractivity contribution in [2.75, 3.05) is 5.23 Å². The van der Waals surface area contributed by atoms with Gasteiger partial charge < -0.3 is 5.73 Å². The van der Waals surface area contributed by atoms with Crippen LogP contribution in [0.4, 0.5) is 10.1 Å². The summed E-state index contributed by atoms with van der Waals surface area (Å²) >= 11 is 5.84. The van der Waals surface area contributed by atoms with Crippen molar-refractivity contribution < 1.29 is 19.6 Å². The molecule has 8 heteroatoms. The van der Waals surface area contributed by atoms with Crippen LogP contribution < -0.4 is 11.0 Å². The minimum atomic E-state index is -0.481. The summed E-state index contributed by atoms with van der Waals surface area (Å²) in [5, 5.41) is 18.9. The van der Waals surface area contributed by atoms with Crippen LogP contribution in [0.1, 0.15) is 15.9 Å². The smallest absolute Gasteiger partial charge is 0.262 e. The average Bonchev–Trinajstić information content (AvgIpc) is 2.92. The van der Waals surface area contributed by atoms with Gasteiger partial charge in [-0.05, 0) is 42.0 Å². The molecular formula is C16H13ClFN3O3. The number of fused-ring (bicyclic) bond motifs is 1. The minimum Gasteiger partial charge on any atom is -0.326 e. The summed E-state index contributed by atoms with van der Waals surface area (Å²) in [6.07, 6.45) is 1.54. The van der Waals surface area contributed by atoms with Gasteiger partial charge in [0, 0.05) is 23.7 Å². The first-order valence-electron chi connectivity index (χ1n) is 6.94. The molecule has 0 unspecified atom stereocenters. The molecule has 0 saturated heterocycles. The summed E-state index contributed by atoms with van der Waals surface area (Å²) in [6.45, 7) is 0.190. The molecule has 2 aromatic carbocycles. The maximum Gasteiger partial charge on any atom is 0.262 e. The molecule has 1 heterocycles. The SMILES string of the molecule is NCc1cn(C(=O)c2ccc(Cl)c(N(O)O)c2)c2cc(F)ccc12. The van der Waals surface area contributed by atoms with E-state index in [0.29, 0.717) is 16.5 Å². The molecule has 0 fully saturated rings. The summed E-state index contributed by atoms with van der Waals surface area (Å²) < 4.78 is 14.8. The first-order chi connectivity index (χ1) is 11.4. The first kappa shape index (κ1) is 16.4. The normalized spacial score (nSPS) is 11.0. The van der Waals surface area contributed by atoms with Crippen LogP contribution in [0.15, 0.2) is 42.6 Å². The van der Waals surface area contributed by atoms with E-state index in [-0.39, 0.29) is 28.0 Å². The Morgan fingerprint density at radius 2 is 2.00 bits per heavy atom. The lowest BCUT2D eigenvalue weighted by atomic mass is 10.1. The van der Waals surface area contributed by atoms with Crippen molar-refractivity contribution in [1.29, 1.82) is 0 Å². The maximum atomic E-state index is 13.6. The highest BCUT2D eigenvalue weighted by molar-refractivity contribution is 6.33. The lowest BCUT2D eigenvalue weighted by Crippen LogP contribution is -2.15. The van der Waals surface area contributed by atoms with Crippen molar-refractivity contribution in [3.8, 4) is 0 Å². The molecule has 0 amide bonds. The third-order valence-corrected chi connectivity index (χ3v) is 4.02. The van der Waals surface area contributed by atoms with Crippen molar-refractivity contribution in [3.05, 3.63) is 64.6 Å². The summed E-state index contributed by atoms with van der Waals surface area (Å²) in [7, 11) is 0. The second kappa shape index (κ2) is 6.21. The van der Waals surface area contributed by atoms with Crippen LogP contribution in [0, 0.1) is 5.82 Å². The van der Waals surface area contributed by atoms with Crippen LogP contribution in [-0.4, -0.2) is 20.9 Å². The van der Waals surface area contributed by atoms with Gasteiger partial charge in [-0.3, -0.25) is 19.8 Å². The summed E-state index contributed by atoms with van der Waals surface area (Å²) in [5.74, 6) is -0.961. The Hall–Kier alpha value is -2.45. The number of benzene rings is 2. The topological polar surface area (TPSA) is 91.7 Å². The lowest BCUT2D eigenvalue weighted by Gasteiger charge is -2.12. The molecule has 6 nitrogen and oxygen atoms in total. The third-order valence-electron chi connectivity index (χ3n) is 3.70. The second-order valence-corrected chi connectivity index (χ2v) is 5.56. The Balaban J connectivity index is 2.16. The van der Waals surface area contributed by atoms with Crippen LogP contribution >= 0.6 is 11.6 Å². The largest absolute Gasteiger partial charge is 0.326 e. The second-order valence-electron chi connectivity index (χ2n) is 5.15. The van der Waals surface area contributed by atoms with Crippen LogP contribution in [0.25, 0.3) is 10.9 Å². The van der Waals surface area contributed by atoms with Gasteiger partial charge in [0.2, 0.25) is 0 Å². The van der Waals surface area contributed by atoms with Crippen LogP contribution in [0.5, 0.6) is 0 Å². The van der Waals surface area contributed by atoms with E-state index >= 15 is 0 Å². The quantitative estimate of drug-likeness (QED) is 0.632. The van der Waals surface area contributed by atoms with E-state index < -0.39 is 11.7 Å². The predicted octanol–water partition coefficient (Wildman–Crippen LogP) is 3.17. The highest BCUT2D eigenvalue weighted by Gasteiger charge is 2.17. The van der Waals surface area contributed by atoms with Crippen LogP contribution in [-0.2, 0) is 6.54 Å². The average molecular weight is 350 g/mol. The number of hydrogen-bond acceptors (Lipinski definition) is 5. The van der Waals surface area contributed by atoms with E-state index in [4.69, 9.17) is 27.7 Å². The molecular weight excluding hydrogens is 337 g/mol. The fourth-order valence-corrected chi connectivity index (χ4v) is 2.73. The van der Waals surface area contributed by atoms with Crippen LogP contribution in [0.3, 0.4) is 0 Å². The molecule has 0 spiro atoms. The Morgan fingerprint density at radius 1 is 1.25 bits per heavy atom. The molecule has 0 atom stereocenters. The van der Waals surface area contributed by atoms with Crippen molar-refractivity contribution in [2.24, 2.45) is 5.73 Å². The number of nitrogens with two attached hydrogens (primary N) is 1. The van der Waals surface area contributed by atoms with Gasteiger partial charge in [0.1, 0.15) is 11.5 Å². The van der Waals surface area contributed by atoms with Gasteiger partial charge in [-0.15, -0.1) is 5.23 Å². The summed E-state index contributed by atoms with van der Waals surface area (Å²) in [6, 6.07) is 8.12. The van der Waals surface area contributed by atoms with Gasteiger partial charge in [-0.25, -0.2) is 4.39 Å². The zero-order chi connectivity index (χ0) is 17.4. The molecule has 0 aliphatic rings. The molecule has 0 saturated carbocycles. The fourth-order valence-electron chi connectivity index (χ4n) is 2.54. The van der Waals surface area contributed by atoms with Gasteiger partial charge in [-0.2, -0.15) is 0 Å². The Morgan fingerprint density at radius 3 is 2.67 bits per heavy atom. The molecule has 124 valence electrons. The molecule has 0 aliphatic carbocycles. The van der Waals surface area contributed by atoms with Gasteiger partial charge in [0.05, 0.1) is 10.5 Å². The monoisotopic (exact) mass is 349 g/mol. The van der Waals surface area contributed by atoms with Crippen molar-refractivity contribution in [1.82, 2.24) is 4.57 Å². The molecule has 3 rings (SSSR count). The highest BCUT2D eigenvalue weighted by atomic mass is 35.5. The Labute approximate surface area is 141 Å². The van der Waals surface area contributed by atoms with E-state index in [1.165, 1.54) is 41.1 Å². The number of rotatable bonds is 3. The van der Waals surface area contributed by atoms with E-state index in [1.54, 1.807) is 6.07 Å². The number of carbonyl (C=O) groups is 1. The molecule has 1 aromatic heterocycles. The standard InChI is InChI=1S/C16H13ClFN3O3/c17-13-4-1-9(5-15(13)21(23)24)16(22)20-8-10(7-19)12-3-2-11(18)6-14(12)20/h1-6,8,23-24H,7,19H2. The lowest BCUT2D eigenvalue weighted by molar-refractivity contribution is 0.0292. The van der Waals surface area contributed by atoms with Crippen molar-refractivity contribution in [2.45, 2.75) is 6.54 Å². The molecule has 4 N–H and O–H groups in total. The summed E-state index contributed by atoms with van der Waals surface area (Å²) in [5.41, 5.74) is 6.75. The van der Waals surface area contributed by atoms with Gasteiger partial charge >= 0.3 is 0 Å². The number of aromatic nitrogens is 1. The van der Waals surface area contributed by atoms with E-state index in [0.717, 1.165) is 0 Å². The fraction of sp³-hybridized carbons (Fsp3) is 0.0625. The van der Waals surface area contributed by atoms with Gasteiger partial charge in [-0.1, -0.05) is 11.6 Å². The van der Waals surface area contributed by atoms with E-state index in [1.807, 2.05) is 0 Å². The number of halogens is 2. The molecule has 0 bridgehead atoms. The number of anilines is 1. The Bertz CT molecular complexity index is 940. The predicted molar refractivity (Wildman–Crippen MR) is 87.0 cm³/mol. The van der Waals surface area contributed by atoms with Crippen molar-refractivity contribution >= 4 is 34.1 Å². The molecule has 24 heavy (non-hydrogen) atoms. The van der Waals surface area contributed by atoms with E-state index in [9.17, 15) is 9.18 Å². The number of carbonyl (C=O) groups excluding carboxylic acids is 1.